The topological polar surface area (TPSA) is 27.1 Å². The lowest BCUT2D eigenvalue weighted by molar-refractivity contribution is 0.173. The van der Waals surface area contributed by atoms with Crippen molar-refractivity contribution in [1.29, 1.82) is 0 Å². The molecule has 1 unspecified atom stereocenters. The van der Waals surface area contributed by atoms with E-state index < -0.39 is 8.32 Å². The molecule has 0 fully saturated rings. The predicted molar refractivity (Wildman–Crippen MR) is 85.4 cm³/mol. The molecular weight excluding hydrogens is 376 g/mol. The molecule has 0 aliphatic carbocycles. The van der Waals surface area contributed by atoms with Crippen molar-refractivity contribution in [2.24, 2.45) is 0 Å². The van der Waals surface area contributed by atoms with Crippen LogP contribution >= 0.6 is 31.9 Å². The number of halogens is 2. The van der Waals surface area contributed by atoms with Gasteiger partial charge >= 0.3 is 0 Å². The Morgan fingerprint density at radius 2 is 1.94 bits per heavy atom. The van der Waals surface area contributed by atoms with Gasteiger partial charge in [-0.3, -0.25) is 4.68 Å². The van der Waals surface area contributed by atoms with Crippen molar-refractivity contribution in [3.05, 3.63) is 15.3 Å². The van der Waals surface area contributed by atoms with Crippen molar-refractivity contribution in [2.75, 3.05) is 0 Å². The Morgan fingerprint density at radius 3 is 2.33 bits per heavy atom. The van der Waals surface area contributed by atoms with Crippen LogP contribution in [-0.2, 0) is 11.0 Å². The van der Waals surface area contributed by atoms with Crippen molar-refractivity contribution in [3.63, 3.8) is 0 Å². The van der Waals surface area contributed by atoms with E-state index in [1.165, 1.54) is 0 Å². The number of nitrogens with zero attached hydrogens (tertiary/aromatic N) is 2. The van der Waals surface area contributed by atoms with Crippen LogP contribution in [0.25, 0.3) is 0 Å². The third-order valence-electron chi connectivity index (χ3n) is 3.43. The first-order valence-electron chi connectivity index (χ1n) is 6.09. The molecule has 0 aromatic carbocycles. The van der Waals surface area contributed by atoms with Gasteiger partial charge in [0, 0.05) is 6.07 Å². The van der Waals surface area contributed by atoms with Gasteiger partial charge in [-0.1, -0.05) is 20.8 Å². The smallest absolute Gasteiger partial charge is 0.192 e. The summed E-state index contributed by atoms with van der Waals surface area (Å²) in [5.74, 6) is 0. The molecule has 0 saturated heterocycles. The first kappa shape index (κ1) is 16.4. The van der Waals surface area contributed by atoms with Crippen LogP contribution < -0.4 is 0 Å². The summed E-state index contributed by atoms with van der Waals surface area (Å²) in [5, 5.41) is 4.60. The zero-order valence-electron chi connectivity index (χ0n) is 11.9. The maximum Gasteiger partial charge on any atom is 0.192 e. The minimum Gasteiger partial charge on any atom is -0.412 e. The predicted octanol–water partition coefficient (Wildman–Crippen LogP) is 4.82. The van der Waals surface area contributed by atoms with E-state index in [9.17, 15) is 0 Å². The average Bonchev–Trinajstić information content (AvgIpc) is 2.41. The Morgan fingerprint density at radius 1 is 1.39 bits per heavy atom. The minimum atomic E-state index is -1.70. The molecule has 0 amide bonds. The van der Waals surface area contributed by atoms with Crippen LogP contribution in [0.4, 0.5) is 0 Å². The van der Waals surface area contributed by atoms with Crippen LogP contribution in [0.5, 0.6) is 0 Å². The normalized spacial score (nSPS) is 14.9. The molecule has 18 heavy (non-hydrogen) atoms. The Hall–Kier alpha value is 0.347. The molecule has 0 bridgehead atoms. The van der Waals surface area contributed by atoms with Gasteiger partial charge in [-0.2, -0.15) is 5.10 Å². The van der Waals surface area contributed by atoms with Gasteiger partial charge in [0.15, 0.2) is 8.32 Å². The Labute approximate surface area is 128 Å². The fourth-order valence-electron chi connectivity index (χ4n) is 1.45. The maximum atomic E-state index is 6.31. The van der Waals surface area contributed by atoms with Gasteiger partial charge in [-0.05, 0) is 56.9 Å². The highest BCUT2D eigenvalue weighted by Crippen LogP contribution is 2.37. The molecule has 0 radical (unpaired) electrons. The van der Waals surface area contributed by atoms with Crippen molar-refractivity contribution >= 4 is 40.2 Å². The number of aromatic nitrogens is 2. The van der Waals surface area contributed by atoms with Crippen LogP contribution in [-0.4, -0.2) is 24.2 Å². The van der Waals surface area contributed by atoms with E-state index in [0.29, 0.717) is 0 Å². The summed E-state index contributed by atoms with van der Waals surface area (Å²) < 4.78 is 10.0. The molecule has 0 aliphatic heterocycles. The number of hydrogen-bond donors (Lipinski definition) is 0. The van der Waals surface area contributed by atoms with Gasteiger partial charge in [0.1, 0.15) is 9.21 Å². The second-order valence-electron chi connectivity index (χ2n) is 6.16. The third-order valence-corrected chi connectivity index (χ3v) is 9.06. The molecule has 1 rings (SSSR count). The van der Waals surface area contributed by atoms with Crippen molar-refractivity contribution in [3.8, 4) is 0 Å². The fraction of sp³-hybridized carbons (Fsp3) is 0.750. The lowest BCUT2D eigenvalue weighted by atomic mass is 10.2. The number of hydrogen-bond acceptors (Lipinski definition) is 2. The van der Waals surface area contributed by atoms with Crippen molar-refractivity contribution in [2.45, 2.75) is 58.5 Å². The van der Waals surface area contributed by atoms with Gasteiger partial charge in [-0.25, -0.2) is 0 Å². The number of rotatable bonds is 4. The van der Waals surface area contributed by atoms with Gasteiger partial charge < -0.3 is 4.43 Å². The van der Waals surface area contributed by atoms with Crippen molar-refractivity contribution in [1.82, 2.24) is 9.78 Å². The third kappa shape index (κ3) is 4.18. The molecule has 0 aliphatic rings. The van der Waals surface area contributed by atoms with E-state index >= 15 is 0 Å². The second-order valence-corrected chi connectivity index (χ2v) is 12.5. The van der Waals surface area contributed by atoms with E-state index in [2.05, 4.69) is 77.7 Å². The van der Waals surface area contributed by atoms with Gasteiger partial charge in [0.25, 0.3) is 0 Å². The first-order chi connectivity index (χ1) is 8.03. The summed E-state index contributed by atoms with van der Waals surface area (Å²) in [7, 11) is -1.70. The molecule has 1 aromatic rings. The molecule has 1 heterocycles. The van der Waals surface area contributed by atoms with Gasteiger partial charge in [-0.15, -0.1) is 0 Å². The minimum absolute atomic E-state index is 0.161. The quantitative estimate of drug-likeness (QED) is 0.681. The fourth-order valence-corrected chi connectivity index (χ4v) is 4.04. The highest BCUT2D eigenvalue weighted by Gasteiger charge is 2.38. The second kappa shape index (κ2) is 5.77. The van der Waals surface area contributed by atoms with E-state index in [0.717, 1.165) is 15.8 Å². The van der Waals surface area contributed by atoms with E-state index in [4.69, 9.17) is 4.43 Å². The van der Waals surface area contributed by atoms with Crippen LogP contribution in [0.15, 0.2) is 15.3 Å². The van der Waals surface area contributed by atoms with Crippen LogP contribution in [0.2, 0.25) is 18.1 Å². The molecule has 0 saturated carbocycles. The molecule has 0 N–H and O–H groups in total. The van der Waals surface area contributed by atoms with Crippen LogP contribution in [0.3, 0.4) is 0 Å². The lowest BCUT2D eigenvalue weighted by Gasteiger charge is -2.38. The summed E-state index contributed by atoms with van der Waals surface area (Å²) >= 11 is 6.86. The summed E-state index contributed by atoms with van der Waals surface area (Å²) in [6.07, 6.45) is 0.161. The molecule has 1 atom stereocenters. The molecule has 6 heteroatoms. The summed E-state index contributed by atoms with van der Waals surface area (Å²) in [6, 6.07) is 1.94. The standard InChI is InChI=1S/C12H22Br2N2OSi/c1-9(17-18(5,6)12(2,3)4)8-16-11(14)7-10(13)15-16/h7,9H,8H2,1-6H3. The Bertz CT molecular complexity index is 413. The van der Waals surface area contributed by atoms with Crippen LogP contribution in [0.1, 0.15) is 27.7 Å². The van der Waals surface area contributed by atoms with E-state index in [1.807, 2.05) is 10.7 Å². The monoisotopic (exact) mass is 396 g/mol. The molecule has 0 spiro atoms. The Kier molecular flexibility index (Phi) is 5.26. The molecule has 104 valence electrons. The summed E-state index contributed by atoms with van der Waals surface area (Å²) in [6.45, 7) is 14.2. The Balaban J connectivity index is 2.68. The highest BCUT2D eigenvalue weighted by molar-refractivity contribution is 9.11. The zero-order chi connectivity index (χ0) is 14.1. The first-order valence-corrected chi connectivity index (χ1v) is 10.6. The lowest BCUT2D eigenvalue weighted by Crippen LogP contribution is -2.44. The zero-order valence-corrected chi connectivity index (χ0v) is 16.1. The van der Waals surface area contributed by atoms with Gasteiger partial charge in [0.05, 0.1) is 12.6 Å². The molecule has 1 aromatic heterocycles. The maximum absolute atomic E-state index is 6.31. The average molecular weight is 398 g/mol. The highest BCUT2D eigenvalue weighted by atomic mass is 79.9. The molecular formula is C12H22Br2N2OSi. The summed E-state index contributed by atoms with van der Waals surface area (Å²) in [5.41, 5.74) is 0. The molecule has 3 nitrogen and oxygen atoms in total. The van der Waals surface area contributed by atoms with E-state index in [1.54, 1.807) is 0 Å². The van der Waals surface area contributed by atoms with Crippen molar-refractivity contribution < 1.29 is 4.43 Å². The SMILES string of the molecule is CC(Cn1nc(Br)cc1Br)O[Si](C)(C)C(C)(C)C. The van der Waals surface area contributed by atoms with E-state index in [-0.39, 0.29) is 11.1 Å². The van der Waals surface area contributed by atoms with Gasteiger partial charge in [0.2, 0.25) is 0 Å². The largest absolute Gasteiger partial charge is 0.412 e. The van der Waals surface area contributed by atoms with Crippen LogP contribution in [0, 0.1) is 0 Å². The summed E-state index contributed by atoms with van der Waals surface area (Å²) in [4.78, 5) is 0.